The van der Waals surface area contributed by atoms with E-state index in [1.807, 2.05) is 20.8 Å². The number of aryl methyl sites for hydroxylation is 2. The molecule has 21 heavy (non-hydrogen) atoms. The van der Waals surface area contributed by atoms with Gasteiger partial charge in [-0.2, -0.15) is 0 Å². The molecule has 0 aliphatic rings. The standard InChI is InChI=1S/C13H19N5O2S/c1-5-18-11(14)9(12(19)17-13(18)20)16-7(3)10-6(2)15-8(4)21-10/h7,16H,5,14H2,1-4H3,(H,17,19,20). The van der Waals surface area contributed by atoms with E-state index in [0.29, 0.717) is 6.54 Å². The number of hydrogen-bond donors (Lipinski definition) is 3. The van der Waals surface area contributed by atoms with Crippen LogP contribution in [-0.2, 0) is 6.54 Å². The fraction of sp³-hybridized carbons (Fsp3) is 0.462. The second-order valence-electron chi connectivity index (χ2n) is 4.81. The molecule has 0 fully saturated rings. The summed E-state index contributed by atoms with van der Waals surface area (Å²) in [6, 6.07) is -0.123. The van der Waals surface area contributed by atoms with Crippen molar-refractivity contribution < 1.29 is 0 Å². The topological polar surface area (TPSA) is 106 Å². The lowest BCUT2D eigenvalue weighted by atomic mass is 10.2. The van der Waals surface area contributed by atoms with Crippen molar-refractivity contribution in [2.24, 2.45) is 0 Å². The van der Waals surface area contributed by atoms with Gasteiger partial charge >= 0.3 is 5.69 Å². The molecule has 0 bridgehead atoms. The van der Waals surface area contributed by atoms with Gasteiger partial charge in [0.1, 0.15) is 11.5 Å². The summed E-state index contributed by atoms with van der Waals surface area (Å²) in [5.74, 6) is 0.150. The molecule has 1 unspecified atom stereocenters. The van der Waals surface area contributed by atoms with Crippen LogP contribution in [0.2, 0.25) is 0 Å². The van der Waals surface area contributed by atoms with E-state index in [-0.39, 0.29) is 17.5 Å². The lowest BCUT2D eigenvalue weighted by Gasteiger charge is -2.17. The molecule has 0 aromatic carbocycles. The van der Waals surface area contributed by atoms with Crippen LogP contribution >= 0.6 is 11.3 Å². The minimum atomic E-state index is -0.507. The van der Waals surface area contributed by atoms with E-state index in [2.05, 4.69) is 15.3 Å². The van der Waals surface area contributed by atoms with E-state index in [9.17, 15) is 9.59 Å². The third-order valence-corrected chi connectivity index (χ3v) is 4.50. The Balaban J connectivity index is 2.42. The Hall–Kier alpha value is -2.09. The Bertz CT molecular complexity index is 774. The summed E-state index contributed by atoms with van der Waals surface area (Å²) in [7, 11) is 0. The highest BCUT2D eigenvalue weighted by atomic mass is 32.1. The molecular formula is C13H19N5O2S. The molecule has 7 nitrogen and oxygen atoms in total. The molecular weight excluding hydrogens is 290 g/mol. The molecule has 0 spiro atoms. The van der Waals surface area contributed by atoms with Crippen LogP contribution in [0.5, 0.6) is 0 Å². The Kier molecular flexibility index (Phi) is 4.17. The van der Waals surface area contributed by atoms with Gasteiger partial charge in [-0.1, -0.05) is 0 Å². The van der Waals surface area contributed by atoms with Gasteiger partial charge in [-0.15, -0.1) is 11.3 Å². The number of H-pyrrole nitrogens is 1. The molecule has 8 heteroatoms. The van der Waals surface area contributed by atoms with Crippen molar-refractivity contribution in [1.82, 2.24) is 14.5 Å². The molecule has 2 rings (SSSR count). The molecule has 0 aliphatic carbocycles. The van der Waals surface area contributed by atoms with Gasteiger partial charge in [-0.25, -0.2) is 9.78 Å². The molecule has 0 saturated carbocycles. The van der Waals surface area contributed by atoms with Crippen LogP contribution in [0.25, 0.3) is 0 Å². The number of aromatic amines is 1. The third-order valence-electron chi connectivity index (χ3n) is 3.25. The quantitative estimate of drug-likeness (QED) is 0.791. The lowest BCUT2D eigenvalue weighted by molar-refractivity contribution is 0.703. The van der Waals surface area contributed by atoms with Gasteiger partial charge in [0.25, 0.3) is 5.56 Å². The average molecular weight is 309 g/mol. The smallest absolute Gasteiger partial charge is 0.330 e. The average Bonchev–Trinajstić information content (AvgIpc) is 2.73. The molecule has 2 aromatic rings. The maximum atomic E-state index is 12.0. The molecule has 4 N–H and O–H groups in total. The summed E-state index contributed by atoms with van der Waals surface area (Å²) in [5.41, 5.74) is 6.07. The molecule has 0 aliphatic heterocycles. The van der Waals surface area contributed by atoms with Gasteiger partial charge in [-0.3, -0.25) is 14.3 Å². The predicted octanol–water partition coefficient (Wildman–Crippen LogP) is 1.39. The Morgan fingerprint density at radius 3 is 2.62 bits per heavy atom. The Morgan fingerprint density at radius 1 is 1.43 bits per heavy atom. The predicted molar refractivity (Wildman–Crippen MR) is 85.0 cm³/mol. The minimum Gasteiger partial charge on any atom is -0.383 e. The van der Waals surface area contributed by atoms with E-state index >= 15 is 0 Å². The number of nitrogens with one attached hydrogen (secondary N) is 2. The van der Waals surface area contributed by atoms with Crippen LogP contribution in [0.1, 0.15) is 35.5 Å². The van der Waals surface area contributed by atoms with Crippen molar-refractivity contribution in [2.75, 3.05) is 11.1 Å². The molecule has 2 aromatic heterocycles. The summed E-state index contributed by atoms with van der Waals surface area (Å²) >= 11 is 1.57. The van der Waals surface area contributed by atoms with Gasteiger partial charge in [0.15, 0.2) is 0 Å². The number of nitrogen functional groups attached to an aromatic ring is 1. The zero-order valence-corrected chi connectivity index (χ0v) is 13.3. The lowest BCUT2D eigenvalue weighted by Crippen LogP contribution is -2.34. The van der Waals surface area contributed by atoms with E-state index in [0.717, 1.165) is 15.6 Å². The summed E-state index contributed by atoms with van der Waals surface area (Å²) < 4.78 is 1.32. The first kappa shape index (κ1) is 15.3. The van der Waals surface area contributed by atoms with Crippen LogP contribution in [0.15, 0.2) is 9.59 Å². The normalized spacial score (nSPS) is 12.4. The van der Waals surface area contributed by atoms with Crippen LogP contribution in [0, 0.1) is 13.8 Å². The summed E-state index contributed by atoms with van der Waals surface area (Å²) in [5, 5.41) is 4.06. The van der Waals surface area contributed by atoms with Crippen LogP contribution in [0.3, 0.4) is 0 Å². The monoisotopic (exact) mass is 309 g/mol. The van der Waals surface area contributed by atoms with Crippen molar-refractivity contribution in [1.29, 1.82) is 0 Å². The maximum Gasteiger partial charge on any atom is 0.330 e. The maximum absolute atomic E-state index is 12.0. The third kappa shape index (κ3) is 2.85. The van der Waals surface area contributed by atoms with Crippen molar-refractivity contribution >= 4 is 22.8 Å². The van der Waals surface area contributed by atoms with Gasteiger partial charge in [0.2, 0.25) is 0 Å². The SMILES string of the molecule is CCn1c(N)c(NC(C)c2sc(C)nc2C)c(=O)[nH]c1=O. The fourth-order valence-electron chi connectivity index (χ4n) is 2.27. The summed E-state index contributed by atoms with van der Waals surface area (Å²) in [6.07, 6.45) is 0. The van der Waals surface area contributed by atoms with E-state index in [4.69, 9.17) is 5.73 Å². The highest BCUT2D eigenvalue weighted by molar-refractivity contribution is 7.11. The molecule has 1 atom stereocenters. The zero-order valence-electron chi connectivity index (χ0n) is 12.5. The highest BCUT2D eigenvalue weighted by Crippen LogP contribution is 2.27. The van der Waals surface area contributed by atoms with Gasteiger partial charge in [0, 0.05) is 11.4 Å². The van der Waals surface area contributed by atoms with Crippen LogP contribution < -0.4 is 22.3 Å². The molecule has 0 amide bonds. The highest BCUT2D eigenvalue weighted by Gasteiger charge is 2.17. The molecule has 0 radical (unpaired) electrons. The first-order chi connectivity index (χ1) is 9.85. The van der Waals surface area contributed by atoms with Crippen molar-refractivity contribution in [3.63, 3.8) is 0 Å². The number of thiazole rings is 1. The zero-order chi connectivity index (χ0) is 15.7. The first-order valence-electron chi connectivity index (χ1n) is 6.68. The summed E-state index contributed by atoms with van der Waals surface area (Å²) in [6.45, 7) is 7.98. The number of anilines is 2. The molecule has 0 saturated heterocycles. The van der Waals surface area contributed by atoms with E-state index in [1.54, 1.807) is 18.3 Å². The number of hydrogen-bond acceptors (Lipinski definition) is 6. The molecule has 2 heterocycles. The number of nitrogens with two attached hydrogens (primary N) is 1. The van der Waals surface area contributed by atoms with Crippen molar-refractivity contribution in [3.8, 4) is 0 Å². The van der Waals surface area contributed by atoms with Gasteiger partial charge in [-0.05, 0) is 27.7 Å². The summed E-state index contributed by atoms with van der Waals surface area (Å²) in [4.78, 5) is 31.3. The second kappa shape index (κ2) is 5.72. The first-order valence-corrected chi connectivity index (χ1v) is 7.49. The molecule has 114 valence electrons. The second-order valence-corrected chi connectivity index (χ2v) is 6.05. The Labute approximate surface area is 125 Å². The van der Waals surface area contributed by atoms with Gasteiger partial charge < -0.3 is 11.1 Å². The fourth-order valence-corrected chi connectivity index (χ4v) is 3.20. The van der Waals surface area contributed by atoms with Gasteiger partial charge in [0.05, 0.1) is 16.7 Å². The van der Waals surface area contributed by atoms with Crippen LogP contribution in [-0.4, -0.2) is 14.5 Å². The Morgan fingerprint density at radius 2 is 2.10 bits per heavy atom. The number of aromatic nitrogens is 3. The van der Waals surface area contributed by atoms with E-state index in [1.165, 1.54) is 4.57 Å². The minimum absolute atomic E-state index is 0.123. The number of rotatable bonds is 4. The van der Waals surface area contributed by atoms with E-state index < -0.39 is 11.2 Å². The van der Waals surface area contributed by atoms with Crippen LogP contribution in [0.4, 0.5) is 11.5 Å². The van der Waals surface area contributed by atoms with Crippen molar-refractivity contribution in [3.05, 3.63) is 36.4 Å². The largest absolute Gasteiger partial charge is 0.383 e. The van der Waals surface area contributed by atoms with Crippen molar-refractivity contribution in [2.45, 2.75) is 40.3 Å². The number of nitrogens with zero attached hydrogens (tertiary/aromatic N) is 2.